The molecule has 7 heteroatoms. The number of anilines is 1. The molecule has 7 nitrogen and oxygen atoms in total. The first kappa shape index (κ1) is 15.0. The maximum Gasteiger partial charge on any atom is 0.331 e. The Morgan fingerprint density at radius 3 is 2.67 bits per heavy atom. The molecule has 0 saturated carbocycles. The minimum atomic E-state index is -1.01. The van der Waals surface area contributed by atoms with Gasteiger partial charge in [0.15, 0.2) is 0 Å². The molecule has 1 aromatic carbocycles. The monoisotopic (exact) mass is 291 g/mol. The lowest BCUT2D eigenvalue weighted by molar-refractivity contribution is -0.136. The second kappa shape index (κ2) is 6.36. The van der Waals surface area contributed by atoms with E-state index in [2.05, 4.69) is 0 Å². The molecule has 1 aliphatic rings. The van der Waals surface area contributed by atoms with Crippen LogP contribution in [-0.2, 0) is 16.0 Å². The number of nitrogens with two attached hydrogens (primary N) is 1. The Labute approximate surface area is 121 Å². The smallest absolute Gasteiger partial charge is 0.331 e. The van der Waals surface area contributed by atoms with Crippen molar-refractivity contribution in [3.8, 4) is 0 Å². The summed E-state index contributed by atoms with van der Waals surface area (Å²) < 4.78 is 0. The summed E-state index contributed by atoms with van der Waals surface area (Å²) >= 11 is 0. The Morgan fingerprint density at radius 2 is 2.00 bits per heavy atom. The zero-order chi connectivity index (χ0) is 15.4. The van der Waals surface area contributed by atoms with E-state index >= 15 is 0 Å². The van der Waals surface area contributed by atoms with Crippen LogP contribution in [0.25, 0.3) is 0 Å². The van der Waals surface area contributed by atoms with Gasteiger partial charge in [0.05, 0.1) is 12.1 Å². The highest BCUT2D eigenvalue weighted by Crippen LogP contribution is 2.26. The van der Waals surface area contributed by atoms with E-state index in [4.69, 9.17) is 10.8 Å². The molecule has 21 heavy (non-hydrogen) atoms. The van der Waals surface area contributed by atoms with Crippen LogP contribution >= 0.6 is 0 Å². The summed E-state index contributed by atoms with van der Waals surface area (Å²) in [6, 6.07) is 6.11. The first-order valence-corrected chi connectivity index (χ1v) is 6.66. The zero-order valence-corrected chi connectivity index (χ0v) is 11.5. The summed E-state index contributed by atoms with van der Waals surface area (Å²) in [5.74, 6) is -1.36. The molecule has 1 saturated heterocycles. The van der Waals surface area contributed by atoms with Gasteiger partial charge in [-0.1, -0.05) is 18.2 Å². The Morgan fingerprint density at radius 1 is 1.29 bits per heavy atom. The highest BCUT2D eigenvalue weighted by atomic mass is 16.4. The lowest BCUT2D eigenvalue weighted by atomic mass is 10.1. The van der Waals surface area contributed by atoms with E-state index < -0.39 is 12.0 Å². The van der Waals surface area contributed by atoms with E-state index in [1.165, 1.54) is 4.90 Å². The van der Waals surface area contributed by atoms with E-state index in [9.17, 15) is 14.4 Å². The van der Waals surface area contributed by atoms with Crippen LogP contribution in [0.4, 0.5) is 10.5 Å². The van der Waals surface area contributed by atoms with Gasteiger partial charge in [-0.3, -0.25) is 9.59 Å². The van der Waals surface area contributed by atoms with Gasteiger partial charge in [-0.15, -0.1) is 0 Å². The largest absolute Gasteiger partial charge is 0.481 e. The molecule has 2 rings (SSSR count). The number of benzene rings is 1. The van der Waals surface area contributed by atoms with Crippen molar-refractivity contribution >= 4 is 23.6 Å². The highest BCUT2D eigenvalue weighted by molar-refractivity contribution is 6.20. The van der Waals surface area contributed by atoms with Gasteiger partial charge >= 0.3 is 12.0 Å². The van der Waals surface area contributed by atoms with E-state index in [1.807, 2.05) is 0 Å². The van der Waals surface area contributed by atoms with Gasteiger partial charge in [0.2, 0.25) is 0 Å². The number of carbonyl (C=O) groups is 3. The molecule has 0 radical (unpaired) electrons. The quantitative estimate of drug-likeness (QED) is 0.740. The number of imide groups is 1. The fourth-order valence-electron chi connectivity index (χ4n) is 2.29. The number of carbonyl (C=O) groups excluding carboxylic acids is 2. The number of carboxylic acids is 1. The zero-order valence-electron chi connectivity index (χ0n) is 11.5. The summed E-state index contributed by atoms with van der Waals surface area (Å²) in [5.41, 5.74) is 6.19. The molecular formula is C14H17N3O4. The number of nitrogens with zero attached hydrogens (tertiary/aromatic N) is 2. The molecule has 1 fully saturated rings. The Kier molecular flexibility index (Phi) is 4.54. The molecule has 0 aliphatic carbocycles. The molecular weight excluding hydrogens is 274 g/mol. The van der Waals surface area contributed by atoms with Gasteiger partial charge in [0.1, 0.15) is 6.54 Å². The highest BCUT2D eigenvalue weighted by Gasteiger charge is 2.37. The number of hydrogen-bond acceptors (Lipinski definition) is 4. The number of carboxylic acid groups (broad SMARTS) is 1. The molecule has 1 aromatic rings. The third-order valence-corrected chi connectivity index (χ3v) is 3.24. The number of para-hydroxylation sites is 1. The third kappa shape index (κ3) is 3.19. The van der Waals surface area contributed by atoms with E-state index in [1.54, 1.807) is 24.3 Å². The van der Waals surface area contributed by atoms with Crippen molar-refractivity contribution in [3.63, 3.8) is 0 Å². The predicted molar refractivity (Wildman–Crippen MR) is 75.9 cm³/mol. The molecule has 0 aromatic heterocycles. The average Bonchev–Trinajstić information content (AvgIpc) is 2.71. The molecule has 1 heterocycles. The molecule has 1 aliphatic heterocycles. The van der Waals surface area contributed by atoms with Crippen LogP contribution in [0.5, 0.6) is 0 Å². The van der Waals surface area contributed by atoms with Crippen molar-refractivity contribution < 1.29 is 19.5 Å². The standard InChI is InChI=1S/C14H17N3O4/c15-6-3-7-16-9-12(18)17(14(16)21)11-5-2-1-4-10(11)8-13(19)20/h1-2,4-5H,3,6-9,15H2,(H,19,20). The van der Waals surface area contributed by atoms with Crippen molar-refractivity contribution in [2.75, 3.05) is 24.5 Å². The van der Waals surface area contributed by atoms with Gasteiger partial charge in [0, 0.05) is 6.54 Å². The molecule has 0 bridgehead atoms. The van der Waals surface area contributed by atoms with Crippen molar-refractivity contribution in [2.24, 2.45) is 5.73 Å². The minimum Gasteiger partial charge on any atom is -0.481 e. The van der Waals surface area contributed by atoms with Crippen molar-refractivity contribution in [1.82, 2.24) is 4.90 Å². The second-order valence-electron chi connectivity index (χ2n) is 4.77. The normalized spacial score (nSPS) is 14.9. The molecule has 3 amide bonds. The maximum atomic E-state index is 12.3. The summed E-state index contributed by atoms with van der Waals surface area (Å²) in [6.07, 6.45) is 0.375. The lowest BCUT2D eigenvalue weighted by Crippen LogP contribution is -2.34. The molecule has 112 valence electrons. The van der Waals surface area contributed by atoms with Gasteiger partial charge < -0.3 is 15.7 Å². The van der Waals surface area contributed by atoms with Crippen LogP contribution in [-0.4, -0.2) is 47.5 Å². The SMILES string of the molecule is NCCCN1CC(=O)N(c2ccccc2CC(=O)O)C1=O. The third-order valence-electron chi connectivity index (χ3n) is 3.24. The van der Waals surface area contributed by atoms with Gasteiger partial charge in [-0.05, 0) is 24.6 Å². The van der Waals surface area contributed by atoms with Gasteiger partial charge in [-0.25, -0.2) is 9.69 Å². The Balaban J connectivity index is 2.27. The fraction of sp³-hybridized carbons (Fsp3) is 0.357. The Bertz CT molecular complexity index is 573. The molecule has 0 atom stereocenters. The minimum absolute atomic E-state index is 0.000237. The van der Waals surface area contributed by atoms with Crippen LogP contribution in [0.2, 0.25) is 0 Å². The van der Waals surface area contributed by atoms with Crippen LogP contribution in [0, 0.1) is 0 Å². The van der Waals surface area contributed by atoms with Crippen LogP contribution in [0.15, 0.2) is 24.3 Å². The number of amides is 3. The van der Waals surface area contributed by atoms with E-state index in [-0.39, 0.29) is 18.9 Å². The summed E-state index contributed by atoms with van der Waals surface area (Å²) in [4.78, 5) is 37.8. The molecule has 0 unspecified atom stereocenters. The molecule has 0 spiro atoms. The lowest BCUT2D eigenvalue weighted by Gasteiger charge is -2.19. The van der Waals surface area contributed by atoms with Crippen molar-refractivity contribution in [3.05, 3.63) is 29.8 Å². The van der Waals surface area contributed by atoms with E-state index in [0.29, 0.717) is 30.8 Å². The van der Waals surface area contributed by atoms with Crippen LogP contribution < -0.4 is 10.6 Å². The molecule has 3 N–H and O–H groups in total. The predicted octanol–water partition coefficient (Wildman–Crippen LogP) is 0.431. The van der Waals surface area contributed by atoms with Crippen molar-refractivity contribution in [2.45, 2.75) is 12.8 Å². The fourth-order valence-corrected chi connectivity index (χ4v) is 2.29. The number of rotatable bonds is 6. The van der Waals surface area contributed by atoms with Gasteiger partial charge in [0.25, 0.3) is 5.91 Å². The van der Waals surface area contributed by atoms with Crippen LogP contribution in [0.1, 0.15) is 12.0 Å². The van der Waals surface area contributed by atoms with Crippen molar-refractivity contribution in [1.29, 1.82) is 0 Å². The second-order valence-corrected chi connectivity index (χ2v) is 4.77. The summed E-state index contributed by atoms with van der Waals surface area (Å²) in [5, 5.41) is 8.92. The number of aliphatic carboxylic acids is 1. The van der Waals surface area contributed by atoms with Gasteiger partial charge in [-0.2, -0.15) is 0 Å². The first-order valence-electron chi connectivity index (χ1n) is 6.66. The Hall–Kier alpha value is -2.41. The summed E-state index contributed by atoms with van der Waals surface area (Å²) in [7, 11) is 0. The average molecular weight is 291 g/mol. The number of hydrogen-bond donors (Lipinski definition) is 2. The maximum absolute atomic E-state index is 12.3. The number of urea groups is 1. The first-order chi connectivity index (χ1) is 10.0. The topological polar surface area (TPSA) is 104 Å². The van der Waals surface area contributed by atoms with Crippen LogP contribution in [0.3, 0.4) is 0 Å². The summed E-state index contributed by atoms with van der Waals surface area (Å²) in [6.45, 7) is 0.854. The van der Waals surface area contributed by atoms with E-state index in [0.717, 1.165) is 4.90 Å².